The fourth-order valence-corrected chi connectivity index (χ4v) is 1.38. The van der Waals surface area contributed by atoms with Gasteiger partial charge in [0.1, 0.15) is 0 Å². The minimum atomic E-state index is -0.384. The number of fused-ring (bicyclic) bond motifs is 1. The van der Waals surface area contributed by atoms with Crippen molar-refractivity contribution in [1.29, 1.82) is 5.26 Å². The Hall–Kier alpha value is -2.28. The van der Waals surface area contributed by atoms with Crippen LogP contribution in [0, 0.1) is 11.5 Å². The predicted octanol–water partition coefficient (Wildman–Crippen LogP) is 1.38. The molecule has 68 valence electrons. The average Bonchev–Trinajstić information content (AvgIpc) is 2.61. The van der Waals surface area contributed by atoms with E-state index in [-0.39, 0.29) is 5.91 Å². The van der Waals surface area contributed by atoms with Gasteiger partial charge in [0.15, 0.2) is 6.19 Å². The van der Waals surface area contributed by atoms with Crippen molar-refractivity contribution in [3.05, 3.63) is 36.0 Å². The Morgan fingerprint density at radius 3 is 3.00 bits per heavy atom. The molecule has 0 aliphatic heterocycles. The van der Waals surface area contributed by atoms with E-state index in [1.807, 2.05) is 24.3 Å². The third-order valence-electron chi connectivity index (χ3n) is 2.00. The molecule has 14 heavy (non-hydrogen) atoms. The summed E-state index contributed by atoms with van der Waals surface area (Å²) in [5.74, 6) is -0.384. The van der Waals surface area contributed by atoms with Crippen molar-refractivity contribution < 1.29 is 4.79 Å². The maximum atomic E-state index is 11.4. The number of nitriles is 1. The lowest BCUT2D eigenvalue weighted by Gasteiger charge is -1.93. The van der Waals surface area contributed by atoms with Crippen molar-refractivity contribution in [3.63, 3.8) is 0 Å². The summed E-state index contributed by atoms with van der Waals surface area (Å²) in [5, 5.41) is 11.2. The van der Waals surface area contributed by atoms with Crippen molar-refractivity contribution in [1.82, 2.24) is 10.3 Å². The van der Waals surface area contributed by atoms with Gasteiger partial charge >= 0.3 is 0 Å². The van der Waals surface area contributed by atoms with Crippen LogP contribution in [0.3, 0.4) is 0 Å². The molecule has 0 saturated heterocycles. The van der Waals surface area contributed by atoms with Gasteiger partial charge < -0.3 is 4.98 Å². The molecule has 2 rings (SSSR count). The van der Waals surface area contributed by atoms with E-state index < -0.39 is 0 Å². The van der Waals surface area contributed by atoms with Crippen LogP contribution in [0.25, 0.3) is 10.9 Å². The second-order valence-corrected chi connectivity index (χ2v) is 2.81. The topological polar surface area (TPSA) is 68.7 Å². The Labute approximate surface area is 80.2 Å². The summed E-state index contributed by atoms with van der Waals surface area (Å²) >= 11 is 0. The smallest absolute Gasteiger partial charge is 0.266 e. The fraction of sp³-hybridized carbons (Fsp3) is 0. The highest BCUT2D eigenvalue weighted by atomic mass is 16.1. The number of nitrogens with one attached hydrogen (secondary N) is 2. The molecular formula is C10H7N3O. The first-order chi connectivity index (χ1) is 6.83. The molecule has 0 aliphatic carbocycles. The van der Waals surface area contributed by atoms with Gasteiger partial charge in [-0.3, -0.25) is 10.1 Å². The average molecular weight is 185 g/mol. The molecular weight excluding hydrogens is 178 g/mol. The van der Waals surface area contributed by atoms with Gasteiger partial charge in [0, 0.05) is 17.1 Å². The summed E-state index contributed by atoms with van der Waals surface area (Å²) in [7, 11) is 0. The quantitative estimate of drug-likeness (QED) is 0.520. The molecule has 2 N–H and O–H groups in total. The van der Waals surface area contributed by atoms with Crippen LogP contribution in [-0.2, 0) is 0 Å². The second kappa shape index (κ2) is 3.23. The fourth-order valence-electron chi connectivity index (χ4n) is 1.38. The first-order valence-electron chi connectivity index (χ1n) is 4.08. The Kier molecular flexibility index (Phi) is 1.92. The lowest BCUT2D eigenvalue weighted by atomic mass is 10.2. The molecule has 0 atom stereocenters. The number of carbonyl (C=O) groups excluding carboxylic acids is 1. The number of carbonyl (C=O) groups is 1. The van der Waals surface area contributed by atoms with Crippen LogP contribution in [0.4, 0.5) is 0 Å². The van der Waals surface area contributed by atoms with Gasteiger partial charge in [-0.15, -0.1) is 0 Å². The molecule has 1 aromatic carbocycles. The highest BCUT2D eigenvalue weighted by Gasteiger charge is 2.09. The zero-order valence-corrected chi connectivity index (χ0v) is 7.24. The van der Waals surface area contributed by atoms with E-state index in [9.17, 15) is 4.79 Å². The molecule has 0 saturated carbocycles. The molecule has 0 unspecified atom stereocenters. The van der Waals surface area contributed by atoms with Gasteiger partial charge in [0.2, 0.25) is 0 Å². The molecule has 1 amide bonds. The van der Waals surface area contributed by atoms with Crippen LogP contribution in [0.5, 0.6) is 0 Å². The van der Waals surface area contributed by atoms with Gasteiger partial charge in [-0.05, 0) is 6.07 Å². The first-order valence-corrected chi connectivity index (χ1v) is 4.08. The lowest BCUT2D eigenvalue weighted by molar-refractivity contribution is 0.0974. The van der Waals surface area contributed by atoms with Crippen molar-refractivity contribution in [3.8, 4) is 6.19 Å². The summed E-state index contributed by atoms with van der Waals surface area (Å²) in [4.78, 5) is 14.3. The number of nitrogens with zero attached hydrogens (tertiary/aromatic N) is 1. The summed E-state index contributed by atoms with van der Waals surface area (Å²) in [5.41, 5.74) is 1.37. The van der Waals surface area contributed by atoms with Crippen LogP contribution < -0.4 is 5.32 Å². The molecule has 0 bridgehead atoms. The Bertz CT molecular complexity index is 521. The standard InChI is InChI=1S/C10H7N3O/c11-6-13-10(14)8-5-12-9-4-2-1-3-7(8)9/h1-5,12H,(H,13,14). The van der Waals surface area contributed by atoms with Crippen molar-refractivity contribution >= 4 is 16.8 Å². The van der Waals surface area contributed by atoms with E-state index in [2.05, 4.69) is 10.3 Å². The van der Waals surface area contributed by atoms with Crippen molar-refractivity contribution in [2.45, 2.75) is 0 Å². The molecule has 0 aliphatic rings. The van der Waals surface area contributed by atoms with Crippen LogP contribution >= 0.6 is 0 Å². The van der Waals surface area contributed by atoms with Crippen LogP contribution in [0.15, 0.2) is 30.5 Å². The largest absolute Gasteiger partial charge is 0.360 e. The minimum Gasteiger partial charge on any atom is -0.360 e. The van der Waals surface area contributed by atoms with Gasteiger partial charge in [-0.1, -0.05) is 18.2 Å². The maximum Gasteiger partial charge on any atom is 0.266 e. The zero-order valence-electron chi connectivity index (χ0n) is 7.24. The molecule has 4 nitrogen and oxygen atoms in total. The normalized spacial score (nSPS) is 9.64. The summed E-state index contributed by atoms with van der Waals surface area (Å²) in [6.07, 6.45) is 3.20. The summed E-state index contributed by atoms with van der Waals surface area (Å²) in [6, 6.07) is 7.43. The third-order valence-corrected chi connectivity index (χ3v) is 2.00. The number of rotatable bonds is 1. The van der Waals surface area contributed by atoms with E-state index in [1.54, 1.807) is 12.4 Å². The lowest BCUT2D eigenvalue weighted by Crippen LogP contribution is -2.16. The molecule has 0 spiro atoms. The van der Waals surface area contributed by atoms with Gasteiger partial charge in [0.25, 0.3) is 5.91 Å². The van der Waals surface area contributed by atoms with Gasteiger partial charge in [-0.2, -0.15) is 5.26 Å². The minimum absolute atomic E-state index is 0.384. The molecule has 0 fully saturated rings. The van der Waals surface area contributed by atoms with E-state index in [1.165, 1.54) is 0 Å². The van der Waals surface area contributed by atoms with Crippen LogP contribution in [0.2, 0.25) is 0 Å². The predicted molar refractivity (Wildman–Crippen MR) is 51.4 cm³/mol. The number of aromatic nitrogens is 1. The van der Waals surface area contributed by atoms with E-state index >= 15 is 0 Å². The number of para-hydroxylation sites is 1. The third kappa shape index (κ3) is 1.21. The number of hydrogen-bond donors (Lipinski definition) is 2. The molecule has 2 aromatic rings. The Morgan fingerprint density at radius 2 is 2.21 bits per heavy atom. The zero-order chi connectivity index (χ0) is 9.97. The highest BCUT2D eigenvalue weighted by molar-refractivity contribution is 6.07. The Morgan fingerprint density at radius 1 is 1.43 bits per heavy atom. The SMILES string of the molecule is N#CNC(=O)c1c[nH]c2ccccc12. The maximum absolute atomic E-state index is 11.4. The van der Waals surface area contributed by atoms with Crippen LogP contribution in [0.1, 0.15) is 10.4 Å². The number of hydrogen-bond acceptors (Lipinski definition) is 2. The molecule has 4 heteroatoms. The number of benzene rings is 1. The van der Waals surface area contributed by atoms with E-state index in [0.29, 0.717) is 5.56 Å². The monoisotopic (exact) mass is 185 g/mol. The van der Waals surface area contributed by atoms with Crippen molar-refractivity contribution in [2.24, 2.45) is 0 Å². The van der Waals surface area contributed by atoms with Crippen molar-refractivity contribution in [2.75, 3.05) is 0 Å². The van der Waals surface area contributed by atoms with Gasteiger partial charge in [-0.25, -0.2) is 0 Å². The summed E-state index contributed by atoms with van der Waals surface area (Å²) < 4.78 is 0. The molecule has 0 radical (unpaired) electrons. The molecule has 1 heterocycles. The Balaban J connectivity index is 2.54. The van der Waals surface area contributed by atoms with E-state index in [4.69, 9.17) is 5.26 Å². The van der Waals surface area contributed by atoms with E-state index in [0.717, 1.165) is 10.9 Å². The number of aromatic amines is 1. The second-order valence-electron chi connectivity index (χ2n) is 2.81. The number of amides is 1. The first kappa shape index (κ1) is 8.32. The highest BCUT2D eigenvalue weighted by Crippen LogP contribution is 2.16. The molecule has 1 aromatic heterocycles. The van der Waals surface area contributed by atoms with Gasteiger partial charge in [0.05, 0.1) is 5.56 Å². The summed E-state index contributed by atoms with van der Waals surface area (Å²) in [6.45, 7) is 0. The number of H-pyrrole nitrogens is 1. The van der Waals surface area contributed by atoms with Crippen LogP contribution in [-0.4, -0.2) is 10.9 Å².